The average Bonchev–Trinajstić information content (AvgIpc) is 2.33. The molecule has 1 aromatic carbocycles. The van der Waals surface area contributed by atoms with Gasteiger partial charge in [-0.25, -0.2) is 4.39 Å². The molecule has 5 nitrogen and oxygen atoms in total. The highest BCUT2D eigenvalue weighted by Gasteiger charge is 2.24. The number of aliphatic hydroxyl groups excluding tert-OH is 2. The first kappa shape index (κ1) is 15.4. The van der Waals surface area contributed by atoms with Crippen LogP contribution in [-0.4, -0.2) is 28.9 Å². The van der Waals surface area contributed by atoms with Crippen LogP contribution in [0.2, 0.25) is 0 Å². The van der Waals surface area contributed by atoms with E-state index in [1.165, 1.54) is 6.07 Å². The summed E-state index contributed by atoms with van der Waals surface area (Å²) in [4.78, 5) is 11.2. The zero-order valence-electron chi connectivity index (χ0n) is 10.9. The third-order valence-electron chi connectivity index (χ3n) is 2.75. The number of nitrogens with two attached hydrogens (primary N) is 1. The van der Waals surface area contributed by atoms with E-state index in [1.54, 1.807) is 13.8 Å². The van der Waals surface area contributed by atoms with Crippen LogP contribution in [-0.2, 0) is 9.53 Å². The maximum absolute atomic E-state index is 13.3. The zero-order chi connectivity index (χ0) is 14.6. The first-order valence-corrected chi connectivity index (χ1v) is 5.94. The van der Waals surface area contributed by atoms with Gasteiger partial charge in [-0.3, -0.25) is 4.79 Å². The predicted molar refractivity (Wildman–Crippen MR) is 67.8 cm³/mol. The minimum Gasteiger partial charge on any atom is -0.466 e. The van der Waals surface area contributed by atoms with Crippen LogP contribution in [0.25, 0.3) is 0 Å². The molecule has 1 rings (SSSR count). The summed E-state index contributed by atoms with van der Waals surface area (Å²) in [6, 6.07) is 2.27. The number of rotatable bonds is 5. The Balaban J connectivity index is 2.88. The van der Waals surface area contributed by atoms with Gasteiger partial charge in [-0.1, -0.05) is 0 Å². The number of ether oxygens (including phenoxy) is 1. The van der Waals surface area contributed by atoms with Gasteiger partial charge in [-0.2, -0.15) is 0 Å². The Morgan fingerprint density at radius 1 is 1.47 bits per heavy atom. The first-order valence-electron chi connectivity index (χ1n) is 5.94. The van der Waals surface area contributed by atoms with E-state index in [2.05, 4.69) is 4.74 Å². The van der Waals surface area contributed by atoms with Crippen molar-refractivity contribution < 1.29 is 24.1 Å². The summed E-state index contributed by atoms with van der Waals surface area (Å²) in [6.07, 6.45) is -3.23. The van der Waals surface area contributed by atoms with Crippen LogP contribution in [0.5, 0.6) is 0 Å². The summed E-state index contributed by atoms with van der Waals surface area (Å²) in [5, 5.41) is 19.7. The lowest BCUT2D eigenvalue weighted by Gasteiger charge is -2.20. The number of benzene rings is 1. The number of carbonyl (C=O) groups excluding carboxylic acids is 1. The predicted octanol–water partition coefficient (Wildman–Crippen LogP) is 1.06. The minimum atomic E-state index is -1.45. The standard InChI is InChI=1S/C13H18FNO4/c1-3-19-11(17)6-10(16)13(18)9-5-8(14)4-7(2)12(9)15/h4-5,10,13,16,18H,3,6,15H2,1-2H3. The quantitative estimate of drug-likeness (QED) is 0.550. The molecule has 0 bridgehead atoms. The highest BCUT2D eigenvalue weighted by Crippen LogP contribution is 2.28. The lowest BCUT2D eigenvalue weighted by molar-refractivity contribution is -0.147. The third kappa shape index (κ3) is 3.90. The zero-order valence-corrected chi connectivity index (χ0v) is 10.9. The molecule has 0 heterocycles. The van der Waals surface area contributed by atoms with Crippen molar-refractivity contribution in [3.8, 4) is 0 Å². The van der Waals surface area contributed by atoms with Crippen molar-refractivity contribution in [3.63, 3.8) is 0 Å². The smallest absolute Gasteiger partial charge is 0.308 e. The molecule has 4 N–H and O–H groups in total. The monoisotopic (exact) mass is 271 g/mol. The number of hydrogen-bond acceptors (Lipinski definition) is 5. The Labute approximate surface area is 110 Å². The van der Waals surface area contributed by atoms with Crippen LogP contribution >= 0.6 is 0 Å². The number of carbonyl (C=O) groups is 1. The van der Waals surface area contributed by atoms with E-state index in [0.29, 0.717) is 5.56 Å². The van der Waals surface area contributed by atoms with Crippen molar-refractivity contribution in [3.05, 3.63) is 29.1 Å². The topological polar surface area (TPSA) is 92.8 Å². The van der Waals surface area contributed by atoms with Crippen LogP contribution in [0.4, 0.5) is 10.1 Å². The van der Waals surface area contributed by atoms with Crippen LogP contribution in [0.1, 0.15) is 30.6 Å². The molecule has 0 aliphatic heterocycles. The first-order chi connectivity index (χ1) is 8.86. The highest BCUT2D eigenvalue weighted by molar-refractivity contribution is 5.70. The van der Waals surface area contributed by atoms with Crippen molar-refractivity contribution in [1.82, 2.24) is 0 Å². The lowest BCUT2D eigenvalue weighted by atomic mass is 9.98. The summed E-state index contributed by atoms with van der Waals surface area (Å²) in [7, 11) is 0. The van der Waals surface area contributed by atoms with Crippen molar-refractivity contribution in [2.75, 3.05) is 12.3 Å². The number of nitrogen functional groups attached to an aromatic ring is 1. The molecule has 106 valence electrons. The maximum atomic E-state index is 13.3. The molecular weight excluding hydrogens is 253 g/mol. The van der Waals surface area contributed by atoms with Gasteiger partial charge >= 0.3 is 5.97 Å². The van der Waals surface area contributed by atoms with Gasteiger partial charge in [0.15, 0.2) is 0 Å². The Hall–Kier alpha value is -1.66. The second-order valence-corrected chi connectivity index (χ2v) is 4.25. The van der Waals surface area contributed by atoms with Gasteiger partial charge in [-0.15, -0.1) is 0 Å². The molecule has 0 amide bonds. The fourth-order valence-electron chi connectivity index (χ4n) is 1.73. The second kappa shape index (κ2) is 6.49. The molecule has 0 aromatic heterocycles. The SMILES string of the molecule is CCOC(=O)CC(O)C(O)c1cc(F)cc(C)c1N. The number of esters is 1. The van der Waals surface area contributed by atoms with Gasteiger partial charge in [-0.05, 0) is 31.5 Å². The molecule has 2 atom stereocenters. The second-order valence-electron chi connectivity index (χ2n) is 4.25. The van der Waals surface area contributed by atoms with Crippen LogP contribution in [0.15, 0.2) is 12.1 Å². The summed E-state index contributed by atoms with van der Waals surface area (Å²) in [5.74, 6) is -1.20. The summed E-state index contributed by atoms with van der Waals surface area (Å²) < 4.78 is 17.9. The largest absolute Gasteiger partial charge is 0.466 e. The van der Waals surface area contributed by atoms with E-state index in [-0.39, 0.29) is 24.3 Å². The van der Waals surface area contributed by atoms with E-state index in [4.69, 9.17) is 5.73 Å². The fourth-order valence-corrected chi connectivity index (χ4v) is 1.73. The molecule has 6 heteroatoms. The van der Waals surface area contributed by atoms with Gasteiger partial charge in [0.05, 0.1) is 19.1 Å². The molecule has 1 aromatic rings. The Morgan fingerprint density at radius 3 is 2.68 bits per heavy atom. The molecule has 0 aliphatic carbocycles. The number of hydrogen-bond donors (Lipinski definition) is 3. The molecule has 0 saturated carbocycles. The average molecular weight is 271 g/mol. The van der Waals surface area contributed by atoms with Gasteiger partial charge in [0.25, 0.3) is 0 Å². The summed E-state index contributed by atoms with van der Waals surface area (Å²) in [6.45, 7) is 3.41. The fraction of sp³-hybridized carbons (Fsp3) is 0.462. The van der Waals surface area contributed by atoms with Crippen molar-refractivity contribution in [1.29, 1.82) is 0 Å². The van der Waals surface area contributed by atoms with Crippen molar-refractivity contribution in [2.45, 2.75) is 32.5 Å². The number of aliphatic hydroxyl groups is 2. The van der Waals surface area contributed by atoms with Crippen molar-refractivity contribution >= 4 is 11.7 Å². The van der Waals surface area contributed by atoms with Gasteiger partial charge in [0.1, 0.15) is 11.9 Å². The summed E-state index contributed by atoms with van der Waals surface area (Å²) >= 11 is 0. The van der Waals surface area contributed by atoms with Crippen LogP contribution in [0, 0.1) is 12.7 Å². The molecule has 19 heavy (non-hydrogen) atoms. The van der Waals surface area contributed by atoms with Gasteiger partial charge in [0, 0.05) is 11.3 Å². The lowest BCUT2D eigenvalue weighted by Crippen LogP contribution is -2.24. The van der Waals surface area contributed by atoms with E-state index < -0.39 is 24.0 Å². The van der Waals surface area contributed by atoms with Gasteiger partial charge in [0.2, 0.25) is 0 Å². The molecule has 0 spiro atoms. The molecule has 0 radical (unpaired) electrons. The number of aryl methyl sites for hydroxylation is 1. The maximum Gasteiger partial charge on any atom is 0.308 e. The Morgan fingerprint density at radius 2 is 2.11 bits per heavy atom. The minimum absolute atomic E-state index is 0.0642. The number of halogens is 1. The Bertz CT molecular complexity index is 464. The molecule has 0 saturated heterocycles. The normalized spacial score (nSPS) is 13.9. The van der Waals surface area contributed by atoms with E-state index in [0.717, 1.165) is 6.07 Å². The highest BCUT2D eigenvalue weighted by atomic mass is 19.1. The van der Waals surface area contributed by atoms with Crippen LogP contribution in [0.3, 0.4) is 0 Å². The van der Waals surface area contributed by atoms with Gasteiger partial charge < -0.3 is 20.7 Å². The molecule has 2 unspecified atom stereocenters. The van der Waals surface area contributed by atoms with E-state index in [9.17, 15) is 19.4 Å². The molecular formula is C13H18FNO4. The van der Waals surface area contributed by atoms with Crippen LogP contribution < -0.4 is 5.73 Å². The van der Waals surface area contributed by atoms with E-state index >= 15 is 0 Å². The number of anilines is 1. The third-order valence-corrected chi connectivity index (χ3v) is 2.75. The molecule has 0 aliphatic rings. The Kier molecular flexibility index (Phi) is 5.26. The van der Waals surface area contributed by atoms with Crippen molar-refractivity contribution in [2.24, 2.45) is 0 Å². The van der Waals surface area contributed by atoms with E-state index in [1.807, 2.05) is 0 Å². The summed E-state index contributed by atoms with van der Waals surface area (Å²) in [5.41, 5.74) is 6.44. The molecule has 0 fully saturated rings.